The Morgan fingerprint density at radius 3 is 2.11 bits per heavy atom. The van der Waals surface area contributed by atoms with E-state index < -0.39 is 16.1 Å². The van der Waals surface area contributed by atoms with Gasteiger partial charge in [0.2, 0.25) is 15.9 Å². The second-order valence-corrected chi connectivity index (χ2v) is 11.4. The fraction of sp³-hybridized carbons (Fsp3) is 0.138. The van der Waals surface area contributed by atoms with Crippen LogP contribution in [0.3, 0.4) is 0 Å². The van der Waals surface area contributed by atoms with Crippen molar-refractivity contribution in [2.24, 2.45) is 0 Å². The van der Waals surface area contributed by atoms with Gasteiger partial charge in [-0.1, -0.05) is 72.4 Å². The van der Waals surface area contributed by atoms with Crippen molar-refractivity contribution in [2.45, 2.75) is 27.1 Å². The van der Waals surface area contributed by atoms with Crippen molar-refractivity contribution < 1.29 is 17.9 Å². The van der Waals surface area contributed by atoms with Crippen LogP contribution in [0.5, 0.6) is 5.75 Å². The van der Waals surface area contributed by atoms with Crippen LogP contribution < -0.4 is 10.1 Å². The Hall–Kier alpha value is -3.59. The number of hydrogen-bond acceptors (Lipinski definition) is 5. The maximum absolute atomic E-state index is 13.4. The van der Waals surface area contributed by atoms with E-state index in [2.05, 4.69) is 5.32 Å². The highest BCUT2D eigenvalue weighted by Gasteiger charge is 2.31. The van der Waals surface area contributed by atoms with E-state index in [0.29, 0.717) is 17.0 Å². The van der Waals surface area contributed by atoms with Gasteiger partial charge in [0.1, 0.15) is 5.75 Å². The smallest absolute Gasteiger partial charge is 0.243 e. The molecule has 0 fully saturated rings. The second kappa shape index (κ2) is 12.1. The SMILES string of the molecule is COc1ccc([C@H](CC(=O)Nc2ccccc2Sc2ccccc2)N(C)S(=O)(=O)c2ccccc2)cc1. The number of ether oxygens (including phenoxy) is 1. The molecular formula is C29H28N2O4S2. The van der Waals surface area contributed by atoms with E-state index in [4.69, 9.17) is 4.74 Å². The molecule has 1 atom stereocenters. The normalized spacial score (nSPS) is 12.2. The average molecular weight is 533 g/mol. The number of carbonyl (C=O) groups excluding carboxylic acids is 1. The second-order valence-electron chi connectivity index (χ2n) is 8.29. The lowest BCUT2D eigenvalue weighted by Crippen LogP contribution is -2.33. The molecule has 37 heavy (non-hydrogen) atoms. The summed E-state index contributed by atoms with van der Waals surface area (Å²) in [6.45, 7) is 0. The summed E-state index contributed by atoms with van der Waals surface area (Å²) in [5.41, 5.74) is 1.35. The molecule has 0 radical (unpaired) electrons. The third-order valence-corrected chi connectivity index (χ3v) is 8.83. The van der Waals surface area contributed by atoms with Crippen LogP contribution in [0.2, 0.25) is 0 Å². The Bertz CT molecular complexity index is 1430. The first-order chi connectivity index (χ1) is 17.9. The molecule has 1 amide bonds. The Morgan fingerprint density at radius 2 is 1.46 bits per heavy atom. The zero-order valence-corrected chi connectivity index (χ0v) is 22.2. The zero-order valence-electron chi connectivity index (χ0n) is 20.6. The highest BCUT2D eigenvalue weighted by molar-refractivity contribution is 7.99. The summed E-state index contributed by atoms with van der Waals surface area (Å²) in [5, 5.41) is 2.99. The van der Waals surface area contributed by atoms with Crippen molar-refractivity contribution in [3.8, 4) is 5.75 Å². The lowest BCUT2D eigenvalue weighted by Gasteiger charge is -2.28. The summed E-state index contributed by atoms with van der Waals surface area (Å²) in [4.78, 5) is 15.4. The Kier molecular flexibility index (Phi) is 8.66. The zero-order chi connectivity index (χ0) is 26.3. The summed E-state index contributed by atoms with van der Waals surface area (Å²) in [6, 6.07) is 32.0. The topological polar surface area (TPSA) is 75.7 Å². The number of rotatable bonds is 10. The molecule has 8 heteroatoms. The van der Waals surface area contributed by atoms with Gasteiger partial charge in [-0.15, -0.1) is 0 Å². The highest BCUT2D eigenvalue weighted by Crippen LogP contribution is 2.34. The van der Waals surface area contributed by atoms with Gasteiger partial charge in [-0.25, -0.2) is 8.42 Å². The van der Waals surface area contributed by atoms with Crippen LogP contribution in [-0.4, -0.2) is 32.8 Å². The summed E-state index contributed by atoms with van der Waals surface area (Å²) >= 11 is 1.55. The summed E-state index contributed by atoms with van der Waals surface area (Å²) in [5.74, 6) is 0.351. The Labute approximate surface area is 222 Å². The Morgan fingerprint density at radius 1 is 0.865 bits per heavy atom. The first kappa shape index (κ1) is 26.5. The monoisotopic (exact) mass is 532 g/mol. The third-order valence-electron chi connectivity index (χ3n) is 5.87. The number of benzene rings is 4. The van der Waals surface area contributed by atoms with Gasteiger partial charge < -0.3 is 10.1 Å². The number of nitrogens with one attached hydrogen (secondary N) is 1. The predicted octanol–water partition coefficient (Wildman–Crippen LogP) is 6.24. The molecule has 0 aliphatic carbocycles. The van der Waals surface area contributed by atoms with Crippen LogP contribution in [0.4, 0.5) is 5.69 Å². The lowest BCUT2D eigenvalue weighted by atomic mass is 10.0. The molecule has 0 spiro atoms. The van der Waals surface area contributed by atoms with Gasteiger partial charge >= 0.3 is 0 Å². The molecule has 4 aromatic carbocycles. The molecule has 0 aliphatic heterocycles. The van der Waals surface area contributed by atoms with E-state index in [-0.39, 0.29) is 17.2 Å². The molecule has 0 saturated carbocycles. The van der Waals surface area contributed by atoms with Crippen molar-refractivity contribution in [2.75, 3.05) is 19.5 Å². The number of anilines is 1. The van der Waals surface area contributed by atoms with Gasteiger partial charge in [0.15, 0.2) is 0 Å². The molecule has 6 nitrogen and oxygen atoms in total. The van der Waals surface area contributed by atoms with Crippen LogP contribution in [0.1, 0.15) is 18.0 Å². The standard InChI is InChI=1S/C29H28N2O4S2/c1-31(37(33,34)25-13-7-4-8-14-25)27(22-17-19-23(35-2)20-18-22)21-29(32)30-26-15-9-10-16-28(26)36-24-11-5-3-6-12-24/h3-20,27H,21H2,1-2H3,(H,30,32)/t27-/m0/s1. The van der Waals surface area contributed by atoms with Crippen molar-refractivity contribution in [3.63, 3.8) is 0 Å². The number of para-hydroxylation sites is 1. The van der Waals surface area contributed by atoms with E-state index in [9.17, 15) is 13.2 Å². The highest BCUT2D eigenvalue weighted by atomic mass is 32.2. The number of hydrogen-bond donors (Lipinski definition) is 1. The molecule has 190 valence electrons. The van der Waals surface area contributed by atoms with Gasteiger partial charge in [-0.05, 0) is 54.1 Å². The van der Waals surface area contributed by atoms with Gasteiger partial charge in [0.05, 0.1) is 23.7 Å². The van der Waals surface area contributed by atoms with E-state index in [1.54, 1.807) is 73.5 Å². The van der Waals surface area contributed by atoms with E-state index in [0.717, 1.165) is 9.79 Å². The minimum atomic E-state index is -3.85. The molecule has 0 bridgehead atoms. The van der Waals surface area contributed by atoms with Gasteiger partial charge in [0.25, 0.3) is 0 Å². The molecule has 4 rings (SSSR count). The predicted molar refractivity (Wildman–Crippen MR) is 147 cm³/mol. The first-order valence-electron chi connectivity index (χ1n) is 11.7. The maximum atomic E-state index is 13.4. The number of carbonyl (C=O) groups is 1. The van der Waals surface area contributed by atoms with E-state index in [1.807, 2.05) is 54.6 Å². The number of methoxy groups -OCH3 is 1. The molecule has 0 unspecified atom stereocenters. The summed E-state index contributed by atoms with van der Waals surface area (Å²) < 4.78 is 33.4. The van der Waals surface area contributed by atoms with Gasteiger partial charge in [-0.3, -0.25) is 4.79 Å². The quantitative estimate of drug-likeness (QED) is 0.262. The number of sulfonamides is 1. The average Bonchev–Trinajstić information content (AvgIpc) is 2.93. The maximum Gasteiger partial charge on any atom is 0.243 e. The molecule has 0 heterocycles. The van der Waals surface area contributed by atoms with Crippen molar-refractivity contribution in [1.29, 1.82) is 0 Å². The molecule has 1 N–H and O–H groups in total. The largest absolute Gasteiger partial charge is 0.497 e. The molecule has 0 saturated heterocycles. The fourth-order valence-electron chi connectivity index (χ4n) is 3.86. The molecule has 0 aliphatic rings. The van der Waals surface area contributed by atoms with Crippen molar-refractivity contribution >= 4 is 33.4 Å². The minimum absolute atomic E-state index is 0.0702. The van der Waals surface area contributed by atoms with Crippen molar-refractivity contribution in [3.05, 3.63) is 115 Å². The van der Waals surface area contributed by atoms with Crippen molar-refractivity contribution in [1.82, 2.24) is 4.31 Å². The number of amides is 1. The minimum Gasteiger partial charge on any atom is -0.497 e. The van der Waals surface area contributed by atoms with Gasteiger partial charge in [-0.2, -0.15) is 4.31 Å². The van der Waals surface area contributed by atoms with E-state index >= 15 is 0 Å². The lowest BCUT2D eigenvalue weighted by molar-refractivity contribution is -0.117. The third kappa shape index (κ3) is 6.60. The molecule has 0 aromatic heterocycles. The van der Waals surface area contributed by atoms with Crippen LogP contribution in [-0.2, 0) is 14.8 Å². The van der Waals surface area contributed by atoms with Crippen LogP contribution in [0.25, 0.3) is 0 Å². The first-order valence-corrected chi connectivity index (χ1v) is 13.9. The van der Waals surface area contributed by atoms with Crippen LogP contribution in [0, 0.1) is 0 Å². The van der Waals surface area contributed by atoms with Crippen LogP contribution in [0.15, 0.2) is 124 Å². The van der Waals surface area contributed by atoms with E-state index in [1.165, 1.54) is 11.4 Å². The van der Waals surface area contributed by atoms with Crippen LogP contribution >= 0.6 is 11.8 Å². The number of nitrogens with zero attached hydrogens (tertiary/aromatic N) is 1. The molecular weight excluding hydrogens is 504 g/mol. The summed E-state index contributed by atoms with van der Waals surface area (Å²) in [6.07, 6.45) is -0.0702. The molecule has 4 aromatic rings. The summed E-state index contributed by atoms with van der Waals surface area (Å²) in [7, 11) is -0.781. The van der Waals surface area contributed by atoms with Gasteiger partial charge in [0, 0.05) is 23.3 Å². The Balaban J connectivity index is 1.60. The fourth-order valence-corrected chi connectivity index (χ4v) is 6.15.